The fraction of sp³-hybridized carbons (Fsp3) is 0.815. The van der Waals surface area contributed by atoms with E-state index in [4.69, 9.17) is 4.74 Å². The second-order valence-electron chi connectivity index (χ2n) is 12.4. The van der Waals surface area contributed by atoms with Crippen LogP contribution in [0.15, 0.2) is 11.6 Å². The molecule has 184 valence electrons. The molecule has 0 spiro atoms. The van der Waals surface area contributed by atoms with E-state index in [1.165, 1.54) is 5.57 Å². The zero-order valence-corrected chi connectivity index (χ0v) is 20.8. The minimum atomic E-state index is -1.34. The SMILES string of the molecule is C[C@H]1C[C@@H]2[C@H](CC[C@@]3(C)[C@H]2CC[C@]3(OC(=O)CC(C)(C)O)C(=O)CO)[C@@]2(C)CCC(=O)C=C12. The molecule has 0 saturated heterocycles. The van der Waals surface area contributed by atoms with E-state index < -0.39 is 35.0 Å². The first kappa shape index (κ1) is 24.6. The fourth-order valence-corrected chi connectivity index (χ4v) is 8.38. The van der Waals surface area contributed by atoms with E-state index in [1.807, 2.05) is 6.08 Å². The number of hydrogen-bond donors (Lipinski definition) is 2. The van der Waals surface area contributed by atoms with E-state index in [0.717, 1.165) is 32.1 Å². The third-order valence-electron chi connectivity index (χ3n) is 9.86. The predicted octanol–water partition coefficient (Wildman–Crippen LogP) is 3.77. The van der Waals surface area contributed by atoms with Crippen molar-refractivity contribution in [2.45, 2.75) is 97.2 Å². The number of aliphatic hydroxyl groups is 2. The average Bonchev–Trinajstić information content (AvgIpc) is 3.00. The molecular formula is C27H40O6. The van der Waals surface area contributed by atoms with Gasteiger partial charge in [0.25, 0.3) is 0 Å². The monoisotopic (exact) mass is 460 g/mol. The lowest BCUT2D eigenvalue weighted by molar-refractivity contribution is -0.194. The molecule has 4 rings (SSSR count). The number of allylic oxidation sites excluding steroid dienone is 1. The lowest BCUT2D eigenvalue weighted by Gasteiger charge is -2.60. The number of carbonyl (C=O) groups is 3. The second-order valence-corrected chi connectivity index (χ2v) is 12.4. The minimum Gasteiger partial charge on any atom is -0.450 e. The molecule has 0 bridgehead atoms. The van der Waals surface area contributed by atoms with Crippen molar-refractivity contribution in [2.75, 3.05) is 6.61 Å². The summed E-state index contributed by atoms with van der Waals surface area (Å²) in [5, 5.41) is 20.0. The smallest absolute Gasteiger partial charge is 0.309 e. The van der Waals surface area contributed by atoms with Crippen LogP contribution in [-0.2, 0) is 19.1 Å². The molecule has 2 N–H and O–H groups in total. The third kappa shape index (κ3) is 3.72. The molecule has 6 nitrogen and oxygen atoms in total. The van der Waals surface area contributed by atoms with Gasteiger partial charge in [-0.1, -0.05) is 26.3 Å². The summed E-state index contributed by atoms with van der Waals surface area (Å²) in [5.74, 6) is 0.570. The number of hydrogen-bond acceptors (Lipinski definition) is 6. The zero-order chi connectivity index (χ0) is 24.4. The van der Waals surface area contributed by atoms with Gasteiger partial charge in [0.15, 0.2) is 11.4 Å². The first-order valence-electron chi connectivity index (χ1n) is 12.6. The summed E-state index contributed by atoms with van der Waals surface area (Å²) in [6, 6.07) is 0. The van der Waals surface area contributed by atoms with Crippen LogP contribution in [0.2, 0.25) is 0 Å². The van der Waals surface area contributed by atoms with Crippen LogP contribution in [-0.4, -0.2) is 45.6 Å². The van der Waals surface area contributed by atoms with Crippen LogP contribution in [0, 0.1) is 34.5 Å². The number of aliphatic hydroxyl groups excluding tert-OH is 1. The minimum absolute atomic E-state index is 0.00139. The summed E-state index contributed by atoms with van der Waals surface area (Å²) in [7, 11) is 0. The summed E-state index contributed by atoms with van der Waals surface area (Å²) in [6.07, 6.45) is 7.01. The number of ketones is 2. The van der Waals surface area contributed by atoms with E-state index in [9.17, 15) is 24.6 Å². The quantitative estimate of drug-likeness (QED) is 0.606. The summed E-state index contributed by atoms with van der Waals surface area (Å²) >= 11 is 0. The Morgan fingerprint density at radius 2 is 1.82 bits per heavy atom. The Kier molecular flexibility index (Phi) is 5.97. The van der Waals surface area contributed by atoms with Crippen LogP contribution in [0.25, 0.3) is 0 Å². The van der Waals surface area contributed by atoms with Crippen molar-refractivity contribution >= 4 is 17.5 Å². The van der Waals surface area contributed by atoms with E-state index in [1.54, 1.807) is 13.8 Å². The first-order valence-corrected chi connectivity index (χ1v) is 12.6. The van der Waals surface area contributed by atoms with Gasteiger partial charge in [0.05, 0.1) is 12.0 Å². The molecule has 0 radical (unpaired) electrons. The van der Waals surface area contributed by atoms with Crippen molar-refractivity contribution in [1.82, 2.24) is 0 Å². The zero-order valence-electron chi connectivity index (χ0n) is 20.8. The van der Waals surface area contributed by atoms with Crippen LogP contribution in [0.4, 0.5) is 0 Å². The normalized spacial score (nSPS) is 42.6. The number of Topliss-reactive ketones (excluding diaryl/α,β-unsaturated/α-hetero) is 1. The number of carbonyl (C=O) groups excluding carboxylic acids is 3. The number of rotatable bonds is 5. The van der Waals surface area contributed by atoms with Crippen molar-refractivity contribution in [3.8, 4) is 0 Å². The lowest BCUT2D eigenvalue weighted by atomic mass is 9.44. The maximum absolute atomic E-state index is 13.2. The summed E-state index contributed by atoms with van der Waals surface area (Å²) < 4.78 is 5.99. The molecule has 33 heavy (non-hydrogen) atoms. The Balaban J connectivity index is 1.69. The Labute approximate surface area is 197 Å². The summed E-state index contributed by atoms with van der Waals surface area (Å²) in [5.41, 5.74) is -1.82. The second kappa shape index (κ2) is 8.01. The Bertz CT molecular complexity index is 884. The van der Waals surface area contributed by atoms with Gasteiger partial charge < -0.3 is 14.9 Å². The molecular weight excluding hydrogens is 420 g/mol. The predicted molar refractivity (Wildman–Crippen MR) is 123 cm³/mol. The van der Waals surface area contributed by atoms with Crippen molar-refractivity contribution in [3.63, 3.8) is 0 Å². The third-order valence-corrected chi connectivity index (χ3v) is 9.86. The van der Waals surface area contributed by atoms with Crippen LogP contribution in [0.5, 0.6) is 0 Å². The molecule has 4 aliphatic carbocycles. The van der Waals surface area contributed by atoms with Gasteiger partial charge in [-0.2, -0.15) is 0 Å². The van der Waals surface area contributed by atoms with Crippen LogP contribution in [0.1, 0.15) is 86.0 Å². The Morgan fingerprint density at radius 3 is 2.45 bits per heavy atom. The summed E-state index contributed by atoms with van der Waals surface area (Å²) in [4.78, 5) is 38.2. The van der Waals surface area contributed by atoms with Gasteiger partial charge in [-0.3, -0.25) is 14.4 Å². The van der Waals surface area contributed by atoms with E-state index in [0.29, 0.717) is 30.6 Å². The van der Waals surface area contributed by atoms with Gasteiger partial charge in [-0.15, -0.1) is 0 Å². The highest BCUT2D eigenvalue weighted by atomic mass is 16.6. The molecule has 0 aliphatic heterocycles. The largest absolute Gasteiger partial charge is 0.450 e. The lowest BCUT2D eigenvalue weighted by Crippen LogP contribution is -2.60. The molecule has 0 aromatic heterocycles. The molecule has 0 aromatic carbocycles. The van der Waals surface area contributed by atoms with Crippen molar-refractivity contribution in [2.24, 2.45) is 34.5 Å². The highest BCUT2D eigenvalue weighted by Crippen LogP contribution is 2.69. The molecule has 6 heteroatoms. The standard InChI is InChI=1S/C27H40O6/c1-16-12-18-19(25(4)9-6-17(29)13-21(16)25)7-10-26(5)20(18)8-11-27(26,22(30)15-28)33-23(31)14-24(2,3)32/h13,16,18-20,28,32H,6-12,14-15H2,1-5H3/t16-,18+,19-,20-,25+,26-,27-/m0/s1. The summed E-state index contributed by atoms with van der Waals surface area (Å²) in [6.45, 7) is 9.05. The highest BCUT2D eigenvalue weighted by Gasteiger charge is 2.69. The molecule has 0 unspecified atom stereocenters. The maximum atomic E-state index is 13.2. The van der Waals surface area contributed by atoms with Gasteiger partial charge in [-0.05, 0) is 87.5 Å². The first-order chi connectivity index (χ1) is 15.3. The van der Waals surface area contributed by atoms with Crippen molar-refractivity contribution in [3.05, 3.63) is 11.6 Å². The molecule has 7 atom stereocenters. The Morgan fingerprint density at radius 1 is 1.15 bits per heavy atom. The van der Waals surface area contributed by atoms with E-state index >= 15 is 0 Å². The van der Waals surface area contributed by atoms with E-state index in [-0.39, 0.29) is 23.5 Å². The average molecular weight is 461 g/mol. The Hall–Kier alpha value is -1.53. The fourth-order valence-electron chi connectivity index (χ4n) is 8.38. The van der Waals surface area contributed by atoms with Gasteiger partial charge in [0, 0.05) is 11.8 Å². The topological polar surface area (TPSA) is 101 Å². The van der Waals surface area contributed by atoms with Crippen LogP contribution in [0.3, 0.4) is 0 Å². The van der Waals surface area contributed by atoms with Crippen molar-refractivity contribution < 1.29 is 29.3 Å². The molecule has 0 aromatic rings. The van der Waals surface area contributed by atoms with E-state index in [2.05, 4.69) is 20.8 Å². The van der Waals surface area contributed by atoms with Gasteiger partial charge in [0.2, 0.25) is 5.78 Å². The van der Waals surface area contributed by atoms with Crippen molar-refractivity contribution in [1.29, 1.82) is 0 Å². The number of esters is 1. The molecule has 4 aliphatic rings. The van der Waals surface area contributed by atoms with Crippen LogP contribution < -0.4 is 0 Å². The number of ether oxygens (including phenoxy) is 1. The molecule has 0 heterocycles. The van der Waals surface area contributed by atoms with Gasteiger partial charge >= 0.3 is 5.97 Å². The maximum Gasteiger partial charge on any atom is 0.309 e. The van der Waals surface area contributed by atoms with Gasteiger partial charge in [-0.25, -0.2) is 0 Å². The van der Waals surface area contributed by atoms with Gasteiger partial charge in [0.1, 0.15) is 6.61 Å². The van der Waals surface area contributed by atoms with Crippen LogP contribution >= 0.6 is 0 Å². The highest BCUT2D eigenvalue weighted by molar-refractivity contribution is 5.92. The number of fused-ring (bicyclic) bond motifs is 5. The molecule has 0 amide bonds. The molecule has 3 saturated carbocycles. The molecule has 3 fully saturated rings.